The van der Waals surface area contributed by atoms with Gasteiger partial charge in [-0.3, -0.25) is 0 Å². The minimum absolute atomic E-state index is 0.727. The second-order valence-electron chi connectivity index (χ2n) is 12.4. The van der Waals surface area contributed by atoms with Crippen LogP contribution < -0.4 is 0 Å². The van der Waals surface area contributed by atoms with Gasteiger partial charge in [0.2, 0.25) is 0 Å². The molecule has 0 aliphatic rings. The lowest BCUT2D eigenvalue weighted by Crippen LogP contribution is -1.97. The molecule has 0 aliphatic carbocycles. The van der Waals surface area contributed by atoms with E-state index in [0.717, 1.165) is 64.2 Å². The Kier molecular flexibility index (Phi) is 35.7. The molecule has 3 heteroatoms. The van der Waals surface area contributed by atoms with Crippen molar-refractivity contribution in [2.45, 2.75) is 172 Å². The first-order chi connectivity index (χ1) is 23.6. The summed E-state index contributed by atoms with van der Waals surface area (Å²) in [4.78, 5) is 0. The van der Waals surface area contributed by atoms with Gasteiger partial charge < -0.3 is 15.3 Å². The molecule has 264 valence electrons. The number of allylic oxidation sites excluding steroid dienone is 8. The van der Waals surface area contributed by atoms with Crippen molar-refractivity contribution in [3.8, 4) is 48.4 Å². The van der Waals surface area contributed by atoms with E-state index in [-0.39, 0.29) is 0 Å². The average Bonchev–Trinajstić information content (AvgIpc) is 3.09. The van der Waals surface area contributed by atoms with E-state index < -0.39 is 18.3 Å². The lowest BCUT2D eigenvalue weighted by atomic mass is 10.0. The molecule has 0 aromatic rings. The van der Waals surface area contributed by atoms with Crippen LogP contribution in [-0.4, -0.2) is 33.6 Å². The third kappa shape index (κ3) is 37.3. The summed E-state index contributed by atoms with van der Waals surface area (Å²) < 4.78 is 0. The Morgan fingerprint density at radius 3 is 1.27 bits per heavy atom. The fourth-order valence-electron chi connectivity index (χ4n) is 4.99. The first-order valence-corrected chi connectivity index (χ1v) is 18.8. The zero-order valence-corrected chi connectivity index (χ0v) is 30.0. The Bertz CT molecular complexity index is 1090. The molecule has 3 atom stereocenters. The Labute approximate surface area is 296 Å². The third-order valence-electron chi connectivity index (χ3n) is 7.88. The van der Waals surface area contributed by atoms with E-state index in [1.807, 2.05) is 24.3 Å². The van der Waals surface area contributed by atoms with Gasteiger partial charge in [-0.15, -0.1) is 12.8 Å². The van der Waals surface area contributed by atoms with Crippen LogP contribution >= 0.6 is 0 Å². The molecule has 3 nitrogen and oxygen atoms in total. The third-order valence-corrected chi connectivity index (χ3v) is 7.88. The van der Waals surface area contributed by atoms with Gasteiger partial charge in [0, 0.05) is 6.42 Å². The van der Waals surface area contributed by atoms with Gasteiger partial charge in [-0.2, -0.15) is 0 Å². The van der Waals surface area contributed by atoms with Crippen molar-refractivity contribution in [2.24, 2.45) is 0 Å². The molecule has 0 saturated heterocycles. The molecule has 0 radical (unpaired) electrons. The summed E-state index contributed by atoms with van der Waals surface area (Å²) in [7, 11) is 0. The van der Waals surface area contributed by atoms with Crippen LogP contribution in [0.4, 0.5) is 0 Å². The number of aliphatic hydroxyl groups is 3. The summed E-state index contributed by atoms with van der Waals surface area (Å²) >= 11 is 0. The van der Waals surface area contributed by atoms with Gasteiger partial charge >= 0.3 is 0 Å². The minimum atomic E-state index is -0.888. The second-order valence-corrected chi connectivity index (χ2v) is 12.4. The van der Waals surface area contributed by atoms with Gasteiger partial charge in [-0.1, -0.05) is 142 Å². The standard InChI is InChI=1S/C45H66O3/c1-3-43(46)39-35-31-27-23-21-19-17-15-13-11-9-7-5-6-8-10-12-14-16-18-20-22-24-29-33-37-41-45(48)42-38-34-30-26-25-28-32-36-40-44(47)4-2/h1-2,6,8,18,20,29,33,35-36,39-40,43-48H,5,7,9-17,19,21-28,30-32,34H2/b8-6-,20-18-,33-29+,39-35+,40-36+/t43-,44-,45-/m1/s1. The SMILES string of the molecule is C#C[C@@H](O)/C=C/CCCCCCC#C[C@H](O)C#C/C=C/CC/C=C\CCCC/C=C\CCCCCCCCCCCC/C=C/[C@H](O)C#C. The topological polar surface area (TPSA) is 60.7 Å². The number of hydrogen-bond donors (Lipinski definition) is 3. The second kappa shape index (κ2) is 38.3. The summed E-state index contributed by atoms with van der Waals surface area (Å²) in [6, 6.07) is 0. The fourth-order valence-corrected chi connectivity index (χ4v) is 4.99. The van der Waals surface area contributed by atoms with Gasteiger partial charge in [-0.05, 0) is 102 Å². The normalized spacial score (nSPS) is 13.4. The molecule has 0 amide bonds. The van der Waals surface area contributed by atoms with Gasteiger partial charge in [-0.25, -0.2) is 0 Å². The van der Waals surface area contributed by atoms with Gasteiger partial charge in [0.05, 0.1) is 0 Å². The van der Waals surface area contributed by atoms with Crippen LogP contribution in [0.25, 0.3) is 0 Å². The number of aliphatic hydroxyl groups excluding tert-OH is 3. The maximum absolute atomic E-state index is 9.87. The number of rotatable bonds is 29. The molecule has 0 aliphatic heterocycles. The van der Waals surface area contributed by atoms with E-state index in [1.54, 1.807) is 12.2 Å². The molecule has 0 rings (SSSR count). The van der Waals surface area contributed by atoms with Crippen molar-refractivity contribution in [1.82, 2.24) is 0 Å². The Morgan fingerprint density at radius 1 is 0.417 bits per heavy atom. The molecule has 0 spiro atoms. The lowest BCUT2D eigenvalue weighted by molar-refractivity contribution is 0.280. The summed E-state index contributed by atoms with van der Waals surface area (Å²) in [5, 5.41) is 28.4. The van der Waals surface area contributed by atoms with Crippen molar-refractivity contribution in [2.75, 3.05) is 0 Å². The molecule has 0 bridgehead atoms. The minimum Gasteiger partial charge on any atom is -0.377 e. The van der Waals surface area contributed by atoms with Gasteiger partial charge in [0.25, 0.3) is 0 Å². The van der Waals surface area contributed by atoms with Crippen LogP contribution in [0.1, 0.15) is 154 Å². The fraction of sp³-hybridized carbons (Fsp3) is 0.600. The van der Waals surface area contributed by atoms with Crippen LogP contribution in [0.15, 0.2) is 60.8 Å². The van der Waals surface area contributed by atoms with Crippen LogP contribution in [0, 0.1) is 48.4 Å². The Hall–Kier alpha value is -3.18. The van der Waals surface area contributed by atoms with E-state index in [0.29, 0.717) is 0 Å². The molecule has 48 heavy (non-hydrogen) atoms. The highest BCUT2D eigenvalue weighted by Gasteiger charge is 1.95. The average molecular weight is 655 g/mol. The van der Waals surface area contributed by atoms with E-state index in [4.69, 9.17) is 12.8 Å². The molecule has 0 fully saturated rings. The van der Waals surface area contributed by atoms with Crippen LogP contribution in [-0.2, 0) is 0 Å². The molecule has 3 N–H and O–H groups in total. The van der Waals surface area contributed by atoms with Crippen LogP contribution in [0.3, 0.4) is 0 Å². The quantitative estimate of drug-likeness (QED) is 0.0427. The molecule has 0 saturated carbocycles. The number of terminal acetylenes is 2. The first kappa shape index (κ1) is 44.8. The van der Waals surface area contributed by atoms with Gasteiger partial charge in [0.1, 0.15) is 12.2 Å². The number of unbranched alkanes of at least 4 members (excludes halogenated alkanes) is 20. The van der Waals surface area contributed by atoms with E-state index >= 15 is 0 Å². The van der Waals surface area contributed by atoms with Crippen molar-refractivity contribution in [3.63, 3.8) is 0 Å². The zero-order valence-electron chi connectivity index (χ0n) is 30.0. The monoisotopic (exact) mass is 655 g/mol. The highest BCUT2D eigenvalue weighted by molar-refractivity contribution is 5.24. The largest absolute Gasteiger partial charge is 0.377 e. The smallest absolute Gasteiger partial charge is 0.176 e. The molecule has 0 heterocycles. The highest BCUT2D eigenvalue weighted by atomic mass is 16.3. The predicted octanol–water partition coefficient (Wildman–Crippen LogP) is 10.5. The molecular formula is C45H66O3. The van der Waals surface area contributed by atoms with Gasteiger partial charge in [0.15, 0.2) is 6.10 Å². The maximum Gasteiger partial charge on any atom is 0.176 e. The Morgan fingerprint density at radius 2 is 0.792 bits per heavy atom. The first-order valence-electron chi connectivity index (χ1n) is 18.8. The predicted molar refractivity (Wildman–Crippen MR) is 208 cm³/mol. The Balaban J connectivity index is 3.49. The highest BCUT2D eigenvalue weighted by Crippen LogP contribution is 2.13. The molecule has 0 unspecified atom stereocenters. The van der Waals surface area contributed by atoms with E-state index in [9.17, 15) is 15.3 Å². The zero-order chi connectivity index (χ0) is 35.0. The summed E-state index contributed by atoms with van der Waals surface area (Å²) in [6.45, 7) is 0. The molecule has 0 aromatic heterocycles. The molecular weight excluding hydrogens is 588 g/mol. The number of hydrogen-bond acceptors (Lipinski definition) is 3. The van der Waals surface area contributed by atoms with Crippen molar-refractivity contribution < 1.29 is 15.3 Å². The van der Waals surface area contributed by atoms with Crippen molar-refractivity contribution in [3.05, 3.63) is 60.8 Å². The van der Waals surface area contributed by atoms with Crippen molar-refractivity contribution >= 4 is 0 Å². The summed E-state index contributed by atoms with van der Waals surface area (Å²) in [6.07, 6.45) is 56.6. The van der Waals surface area contributed by atoms with Crippen molar-refractivity contribution in [1.29, 1.82) is 0 Å². The van der Waals surface area contributed by atoms with E-state index in [2.05, 4.69) is 59.8 Å². The lowest BCUT2D eigenvalue weighted by Gasteiger charge is -2.02. The maximum atomic E-state index is 9.87. The van der Waals surface area contributed by atoms with E-state index in [1.165, 1.54) is 89.9 Å². The summed E-state index contributed by atoms with van der Waals surface area (Å²) in [5.41, 5.74) is 0. The van der Waals surface area contributed by atoms with Crippen LogP contribution in [0.5, 0.6) is 0 Å². The summed E-state index contributed by atoms with van der Waals surface area (Å²) in [5.74, 6) is 16.0. The van der Waals surface area contributed by atoms with Crippen LogP contribution in [0.2, 0.25) is 0 Å². The molecule has 0 aromatic carbocycles.